The zero-order valence-electron chi connectivity index (χ0n) is 18.2. The molecule has 166 valence electrons. The summed E-state index contributed by atoms with van der Waals surface area (Å²) in [6.45, 7) is 5.03. The lowest BCUT2D eigenvalue weighted by molar-refractivity contribution is -0.124. The molecule has 4 rings (SSSR count). The molecule has 0 saturated carbocycles. The van der Waals surface area contributed by atoms with Crippen LogP contribution >= 0.6 is 0 Å². The molecule has 31 heavy (non-hydrogen) atoms. The van der Waals surface area contributed by atoms with Crippen LogP contribution in [-0.4, -0.2) is 61.2 Å². The van der Waals surface area contributed by atoms with Crippen LogP contribution in [0.25, 0.3) is 11.3 Å². The molecule has 2 unspecified atom stereocenters. The minimum Gasteiger partial charge on any atom is -0.493 e. The molecule has 7 heteroatoms. The van der Waals surface area contributed by atoms with Gasteiger partial charge in [-0.25, -0.2) is 4.39 Å². The number of likely N-dealkylation sites (tertiary alicyclic amines) is 1. The second-order valence-corrected chi connectivity index (χ2v) is 8.51. The Bertz CT molecular complexity index is 922. The van der Waals surface area contributed by atoms with Crippen LogP contribution < -0.4 is 15.4 Å². The third kappa shape index (κ3) is 5.05. The Kier molecular flexibility index (Phi) is 6.83. The molecule has 2 aliphatic rings. The topological polar surface area (TPSA) is 66.5 Å². The molecule has 2 aromatic rings. The Morgan fingerprint density at radius 3 is 2.94 bits per heavy atom. The molecule has 0 aliphatic carbocycles. The number of amides is 1. The van der Waals surface area contributed by atoms with E-state index in [1.165, 1.54) is 0 Å². The maximum absolute atomic E-state index is 15.1. The van der Waals surface area contributed by atoms with Crippen molar-refractivity contribution in [2.75, 3.05) is 33.3 Å². The van der Waals surface area contributed by atoms with Gasteiger partial charge in [0, 0.05) is 24.3 Å². The SMILES string of the molecule is CCOc1ccccc1-c1ncc(C2CCNC(C(=O)N[C@H]3CCN(C)C3)C2)cc1F. The summed E-state index contributed by atoms with van der Waals surface area (Å²) in [6, 6.07) is 8.89. The van der Waals surface area contributed by atoms with Crippen LogP contribution in [0.1, 0.15) is 37.7 Å². The first-order chi connectivity index (χ1) is 15.0. The number of para-hydroxylation sites is 1. The number of ether oxygens (including phenoxy) is 1. The maximum Gasteiger partial charge on any atom is 0.237 e. The Labute approximate surface area is 183 Å². The van der Waals surface area contributed by atoms with Crippen LogP contribution in [0.3, 0.4) is 0 Å². The van der Waals surface area contributed by atoms with Crippen LogP contribution in [0.15, 0.2) is 36.5 Å². The third-order valence-corrected chi connectivity index (χ3v) is 6.23. The molecule has 1 aromatic heterocycles. The molecule has 2 fully saturated rings. The number of likely N-dealkylation sites (N-methyl/N-ethyl adjacent to an activating group) is 1. The first-order valence-corrected chi connectivity index (χ1v) is 11.1. The summed E-state index contributed by atoms with van der Waals surface area (Å²) in [7, 11) is 2.07. The zero-order chi connectivity index (χ0) is 21.8. The van der Waals surface area contributed by atoms with Gasteiger partial charge in [-0.15, -0.1) is 0 Å². The van der Waals surface area contributed by atoms with Gasteiger partial charge < -0.3 is 20.3 Å². The molecule has 0 bridgehead atoms. The number of carbonyl (C=O) groups excluding carboxylic acids is 1. The van der Waals surface area contributed by atoms with Crippen molar-refractivity contribution in [3.63, 3.8) is 0 Å². The molecule has 3 atom stereocenters. The number of benzene rings is 1. The number of piperidine rings is 1. The summed E-state index contributed by atoms with van der Waals surface area (Å²) >= 11 is 0. The number of carbonyl (C=O) groups is 1. The number of nitrogens with one attached hydrogen (secondary N) is 2. The second-order valence-electron chi connectivity index (χ2n) is 8.51. The van der Waals surface area contributed by atoms with E-state index >= 15 is 4.39 Å². The lowest BCUT2D eigenvalue weighted by Crippen LogP contribution is -2.51. The molecular formula is C24H31FN4O2. The average Bonchev–Trinajstić information content (AvgIpc) is 3.19. The van der Waals surface area contributed by atoms with Crippen LogP contribution in [0.2, 0.25) is 0 Å². The lowest BCUT2D eigenvalue weighted by Gasteiger charge is -2.30. The minimum absolute atomic E-state index is 0.0423. The first-order valence-electron chi connectivity index (χ1n) is 11.1. The van der Waals surface area contributed by atoms with Gasteiger partial charge in [0.2, 0.25) is 5.91 Å². The summed E-state index contributed by atoms with van der Waals surface area (Å²) in [6.07, 6.45) is 4.23. The van der Waals surface area contributed by atoms with Crippen LogP contribution in [0.5, 0.6) is 5.75 Å². The van der Waals surface area contributed by atoms with Gasteiger partial charge in [-0.1, -0.05) is 12.1 Å². The molecule has 2 saturated heterocycles. The van der Waals surface area contributed by atoms with E-state index in [1.807, 2.05) is 31.2 Å². The number of pyridine rings is 1. The third-order valence-electron chi connectivity index (χ3n) is 6.23. The highest BCUT2D eigenvalue weighted by Gasteiger charge is 2.31. The van der Waals surface area contributed by atoms with E-state index in [4.69, 9.17) is 4.74 Å². The van der Waals surface area contributed by atoms with E-state index in [-0.39, 0.29) is 29.7 Å². The van der Waals surface area contributed by atoms with Gasteiger partial charge in [-0.3, -0.25) is 9.78 Å². The molecule has 2 aliphatic heterocycles. The molecular weight excluding hydrogens is 395 g/mol. The van der Waals surface area contributed by atoms with Gasteiger partial charge in [-0.05, 0) is 76.0 Å². The molecule has 1 amide bonds. The normalized spacial score (nSPS) is 24.2. The fourth-order valence-corrected chi connectivity index (χ4v) is 4.59. The fourth-order valence-electron chi connectivity index (χ4n) is 4.59. The van der Waals surface area contributed by atoms with Crippen molar-refractivity contribution in [3.8, 4) is 17.0 Å². The molecule has 3 heterocycles. The molecule has 6 nitrogen and oxygen atoms in total. The van der Waals surface area contributed by atoms with Crippen LogP contribution in [-0.2, 0) is 4.79 Å². The van der Waals surface area contributed by atoms with E-state index in [2.05, 4.69) is 27.6 Å². The highest BCUT2D eigenvalue weighted by atomic mass is 19.1. The summed E-state index contributed by atoms with van der Waals surface area (Å²) in [4.78, 5) is 19.4. The van der Waals surface area contributed by atoms with Gasteiger partial charge in [0.15, 0.2) is 0 Å². The van der Waals surface area contributed by atoms with E-state index in [0.29, 0.717) is 30.0 Å². The van der Waals surface area contributed by atoms with E-state index < -0.39 is 0 Å². The van der Waals surface area contributed by atoms with Gasteiger partial charge in [0.25, 0.3) is 0 Å². The van der Waals surface area contributed by atoms with Gasteiger partial charge in [0.1, 0.15) is 17.3 Å². The standard InChI is InChI=1S/C24H31FN4O2/c1-3-31-22-7-5-4-6-19(22)23-20(25)12-17(14-27-23)16-8-10-26-21(13-16)24(30)28-18-9-11-29(2)15-18/h4-7,12,14,16,18,21,26H,3,8-11,13,15H2,1-2H3,(H,28,30)/t16?,18-,21?/m0/s1. The molecule has 0 radical (unpaired) electrons. The van der Waals surface area contributed by atoms with Gasteiger partial charge in [-0.2, -0.15) is 0 Å². The predicted octanol–water partition coefficient (Wildman–Crippen LogP) is 2.94. The summed E-state index contributed by atoms with van der Waals surface area (Å²) in [5.74, 6) is 0.403. The first kappa shape index (κ1) is 21.7. The Hall–Kier alpha value is -2.51. The molecule has 1 aromatic carbocycles. The zero-order valence-corrected chi connectivity index (χ0v) is 18.2. The smallest absolute Gasteiger partial charge is 0.237 e. The van der Waals surface area contributed by atoms with Crippen molar-refractivity contribution in [2.45, 2.75) is 44.2 Å². The lowest BCUT2D eigenvalue weighted by atomic mass is 9.86. The van der Waals surface area contributed by atoms with Crippen LogP contribution in [0, 0.1) is 5.82 Å². The van der Waals surface area contributed by atoms with Gasteiger partial charge >= 0.3 is 0 Å². The fraction of sp³-hybridized carbons (Fsp3) is 0.500. The Balaban J connectivity index is 1.46. The Morgan fingerprint density at radius 2 is 2.19 bits per heavy atom. The van der Waals surface area contributed by atoms with Crippen molar-refractivity contribution >= 4 is 5.91 Å². The quantitative estimate of drug-likeness (QED) is 0.744. The highest BCUT2D eigenvalue weighted by Crippen LogP contribution is 2.33. The van der Waals surface area contributed by atoms with Crippen LogP contribution in [0.4, 0.5) is 4.39 Å². The highest BCUT2D eigenvalue weighted by molar-refractivity contribution is 5.82. The number of rotatable bonds is 6. The number of hydrogen-bond acceptors (Lipinski definition) is 5. The van der Waals surface area contributed by atoms with Gasteiger partial charge in [0.05, 0.1) is 12.6 Å². The second kappa shape index (κ2) is 9.75. The molecule has 0 spiro atoms. The van der Waals surface area contributed by atoms with Crippen molar-refractivity contribution < 1.29 is 13.9 Å². The number of nitrogens with zero attached hydrogens (tertiary/aromatic N) is 2. The number of aromatic nitrogens is 1. The summed E-state index contributed by atoms with van der Waals surface area (Å²) in [5, 5.41) is 6.49. The monoisotopic (exact) mass is 426 g/mol. The molecule has 2 N–H and O–H groups in total. The van der Waals surface area contributed by atoms with E-state index in [1.54, 1.807) is 12.3 Å². The van der Waals surface area contributed by atoms with E-state index in [9.17, 15) is 4.79 Å². The average molecular weight is 427 g/mol. The number of hydrogen-bond donors (Lipinski definition) is 2. The van der Waals surface area contributed by atoms with E-state index in [0.717, 1.165) is 38.0 Å². The van der Waals surface area contributed by atoms with Crippen molar-refractivity contribution in [1.82, 2.24) is 20.5 Å². The maximum atomic E-state index is 15.1. The van der Waals surface area contributed by atoms with Crippen molar-refractivity contribution in [2.24, 2.45) is 0 Å². The Morgan fingerprint density at radius 1 is 1.35 bits per heavy atom. The summed E-state index contributed by atoms with van der Waals surface area (Å²) in [5.41, 5.74) is 1.79. The summed E-state index contributed by atoms with van der Waals surface area (Å²) < 4.78 is 20.7. The number of halogens is 1. The minimum atomic E-state index is -0.363. The van der Waals surface area contributed by atoms with Crippen molar-refractivity contribution in [1.29, 1.82) is 0 Å². The van der Waals surface area contributed by atoms with Crippen molar-refractivity contribution in [3.05, 3.63) is 47.9 Å². The predicted molar refractivity (Wildman–Crippen MR) is 119 cm³/mol. The largest absolute Gasteiger partial charge is 0.493 e.